The number of rotatable bonds is 3. The summed E-state index contributed by atoms with van der Waals surface area (Å²) in [5.41, 5.74) is 1.63. The van der Waals surface area contributed by atoms with Gasteiger partial charge in [0.1, 0.15) is 5.82 Å². The molecule has 0 radical (unpaired) electrons. The molecule has 2 rings (SSSR count). The van der Waals surface area contributed by atoms with E-state index in [1.807, 2.05) is 19.1 Å². The summed E-state index contributed by atoms with van der Waals surface area (Å²) in [4.78, 5) is 12.2. The normalized spacial score (nSPS) is 10.4. The Morgan fingerprint density at radius 1 is 1.56 bits per heavy atom. The van der Waals surface area contributed by atoms with Crippen LogP contribution in [0.1, 0.15) is 22.8 Å². The van der Waals surface area contributed by atoms with Crippen molar-refractivity contribution < 1.29 is 4.79 Å². The highest BCUT2D eigenvalue weighted by Crippen LogP contribution is 2.20. The third kappa shape index (κ3) is 2.92. The Bertz CT molecular complexity index is 582. The molecule has 1 aromatic carbocycles. The van der Waals surface area contributed by atoms with Crippen molar-refractivity contribution in [3.63, 3.8) is 0 Å². The van der Waals surface area contributed by atoms with Crippen molar-refractivity contribution in [2.75, 3.05) is 5.32 Å². The number of hydrogen-bond donors (Lipinski definition) is 2. The zero-order chi connectivity index (χ0) is 13.1. The van der Waals surface area contributed by atoms with E-state index in [0.29, 0.717) is 11.4 Å². The van der Waals surface area contributed by atoms with E-state index in [1.54, 1.807) is 12.3 Å². The first kappa shape index (κ1) is 13.5. The summed E-state index contributed by atoms with van der Waals surface area (Å²) in [6.45, 7) is 2.02. The van der Waals surface area contributed by atoms with Crippen LogP contribution in [0.3, 0.4) is 0 Å². The lowest BCUT2D eigenvalue weighted by Crippen LogP contribution is -2.14. The molecule has 18 heavy (non-hydrogen) atoms. The quantitative estimate of drug-likeness (QED) is 0.747. The van der Waals surface area contributed by atoms with Crippen LogP contribution in [0.2, 0.25) is 0 Å². The van der Waals surface area contributed by atoms with Crippen LogP contribution < -0.4 is 5.32 Å². The molecule has 0 aliphatic rings. The van der Waals surface area contributed by atoms with E-state index in [0.717, 1.165) is 20.0 Å². The fourth-order valence-electron chi connectivity index (χ4n) is 1.54. The highest BCUT2D eigenvalue weighted by Gasteiger charge is 2.13. The molecule has 0 aliphatic carbocycles. The molecule has 0 atom stereocenters. The minimum Gasteiger partial charge on any atom is -0.307 e. The number of aryl methyl sites for hydroxylation is 1. The SMILES string of the molecule is CCc1cn[nH]c1NC(=O)c1cc(Br)ccc1I. The largest absolute Gasteiger partial charge is 0.307 e. The number of amides is 1. The molecule has 94 valence electrons. The van der Waals surface area contributed by atoms with Gasteiger partial charge in [-0.25, -0.2) is 0 Å². The number of H-pyrrole nitrogens is 1. The zero-order valence-electron chi connectivity index (χ0n) is 9.63. The average molecular weight is 420 g/mol. The van der Waals surface area contributed by atoms with Gasteiger partial charge in [-0.15, -0.1) is 0 Å². The van der Waals surface area contributed by atoms with E-state index in [2.05, 4.69) is 54.0 Å². The summed E-state index contributed by atoms with van der Waals surface area (Å²) in [6, 6.07) is 5.61. The Labute approximate surface area is 127 Å². The van der Waals surface area contributed by atoms with Gasteiger partial charge in [0.2, 0.25) is 0 Å². The van der Waals surface area contributed by atoms with Crippen molar-refractivity contribution in [1.29, 1.82) is 0 Å². The summed E-state index contributed by atoms with van der Waals surface area (Å²) >= 11 is 5.51. The molecule has 1 heterocycles. The Hall–Kier alpha value is -0.890. The van der Waals surface area contributed by atoms with E-state index in [1.165, 1.54) is 0 Å². The van der Waals surface area contributed by atoms with Crippen molar-refractivity contribution in [1.82, 2.24) is 10.2 Å². The number of halogens is 2. The van der Waals surface area contributed by atoms with Crippen molar-refractivity contribution >= 4 is 50.2 Å². The van der Waals surface area contributed by atoms with Crippen LogP contribution in [-0.2, 0) is 6.42 Å². The summed E-state index contributed by atoms with van der Waals surface area (Å²) in [5.74, 6) is 0.526. The lowest BCUT2D eigenvalue weighted by Gasteiger charge is -2.07. The minimum absolute atomic E-state index is 0.139. The first-order chi connectivity index (χ1) is 8.61. The predicted octanol–water partition coefficient (Wildman–Crippen LogP) is 3.59. The topological polar surface area (TPSA) is 57.8 Å². The molecule has 0 saturated carbocycles. The fraction of sp³-hybridized carbons (Fsp3) is 0.167. The van der Waals surface area contributed by atoms with Gasteiger partial charge in [0.25, 0.3) is 5.91 Å². The number of aromatic nitrogens is 2. The molecular weight excluding hydrogens is 409 g/mol. The molecule has 0 unspecified atom stereocenters. The van der Waals surface area contributed by atoms with Gasteiger partial charge >= 0.3 is 0 Å². The van der Waals surface area contributed by atoms with Gasteiger partial charge in [-0.3, -0.25) is 9.89 Å². The molecule has 0 saturated heterocycles. The van der Waals surface area contributed by atoms with Crippen molar-refractivity contribution in [2.45, 2.75) is 13.3 Å². The van der Waals surface area contributed by atoms with Gasteiger partial charge in [-0.2, -0.15) is 5.10 Å². The second-order valence-corrected chi connectivity index (χ2v) is 5.78. The van der Waals surface area contributed by atoms with Gasteiger partial charge in [-0.1, -0.05) is 22.9 Å². The smallest absolute Gasteiger partial charge is 0.257 e. The molecule has 0 spiro atoms. The Morgan fingerprint density at radius 2 is 2.33 bits per heavy atom. The van der Waals surface area contributed by atoms with Crippen molar-refractivity contribution in [2.24, 2.45) is 0 Å². The molecule has 1 amide bonds. The van der Waals surface area contributed by atoms with Crippen molar-refractivity contribution in [3.8, 4) is 0 Å². The molecule has 0 fully saturated rings. The number of nitrogens with one attached hydrogen (secondary N) is 2. The number of nitrogens with zero attached hydrogens (tertiary/aromatic N) is 1. The van der Waals surface area contributed by atoms with Gasteiger partial charge in [0.05, 0.1) is 11.8 Å². The summed E-state index contributed by atoms with van der Waals surface area (Å²) < 4.78 is 1.79. The van der Waals surface area contributed by atoms with Crippen LogP contribution in [0.5, 0.6) is 0 Å². The first-order valence-corrected chi connectivity index (χ1v) is 7.27. The predicted molar refractivity (Wildman–Crippen MR) is 82.8 cm³/mol. The number of hydrogen-bond acceptors (Lipinski definition) is 2. The molecule has 0 bridgehead atoms. The van der Waals surface area contributed by atoms with Gasteiger partial charge in [-0.05, 0) is 47.2 Å². The van der Waals surface area contributed by atoms with E-state index in [9.17, 15) is 4.79 Å². The van der Waals surface area contributed by atoms with Crippen molar-refractivity contribution in [3.05, 3.63) is 43.6 Å². The number of carbonyl (C=O) groups is 1. The molecule has 4 nitrogen and oxygen atoms in total. The number of carbonyl (C=O) groups excluding carboxylic acids is 1. The third-order valence-corrected chi connectivity index (χ3v) is 3.94. The maximum absolute atomic E-state index is 12.2. The Morgan fingerprint density at radius 3 is 3.06 bits per heavy atom. The number of benzene rings is 1. The van der Waals surface area contributed by atoms with Crippen LogP contribution in [0.25, 0.3) is 0 Å². The standard InChI is InChI=1S/C12H11BrIN3O/c1-2-7-6-15-17-11(7)16-12(18)9-5-8(13)3-4-10(9)14/h3-6H,2H2,1H3,(H2,15,16,17,18). The second kappa shape index (κ2) is 5.83. The monoisotopic (exact) mass is 419 g/mol. The minimum atomic E-state index is -0.139. The van der Waals surface area contributed by atoms with Gasteiger partial charge < -0.3 is 5.32 Å². The molecule has 2 aromatic rings. The molecular formula is C12H11BrIN3O. The lowest BCUT2D eigenvalue weighted by molar-refractivity contribution is 0.102. The van der Waals surface area contributed by atoms with Crippen LogP contribution in [-0.4, -0.2) is 16.1 Å². The van der Waals surface area contributed by atoms with Gasteiger partial charge in [0.15, 0.2) is 0 Å². The Balaban J connectivity index is 2.25. The van der Waals surface area contributed by atoms with Crippen LogP contribution in [0.4, 0.5) is 5.82 Å². The van der Waals surface area contributed by atoms with E-state index >= 15 is 0 Å². The maximum Gasteiger partial charge on any atom is 0.257 e. The van der Waals surface area contributed by atoms with E-state index in [-0.39, 0.29) is 5.91 Å². The Kier molecular flexibility index (Phi) is 4.39. The summed E-state index contributed by atoms with van der Waals surface area (Å²) in [6.07, 6.45) is 2.54. The highest BCUT2D eigenvalue weighted by molar-refractivity contribution is 14.1. The molecule has 1 aromatic heterocycles. The molecule has 0 aliphatic heterocycles. The number of aromatic amines is 1. The van der Waals surface area contributed by atoms with E-state index in [4.69, 9.17) is 0 Å². The molecule has 2 N–H and O–H groups in total. The fourth-order valence-corrected chi connectivity index (χ4v) is 2.48. The highest BCUT2D eigenvalue weighted by atomic mass is 127. The average Bonchev–Trinajstić information content (AvgIpc) is 2.79. The molecule has 6 heteroatoms. The maximum atomic E-state index is 12.2. The van der Waals surface area contributed by atoms with Gasteiger partial charge in [0, 0.05) is 13.6 Å². The van der Waals surface area contributed by atoms with Crippen LogP contribution >= 0.6 is 38.5 Å². The van der Waals surface area contributed by atoms with Crippen LogP contribution in [0, 0.1) is 3.57 Å². The van der Waals surface area contributed by atoms with Crippen LogP contribution in [0.15, 0.2) is 28.9 Å². The second-order valence-electron chi connectivity index (χ2n) is 3.70. The first-order valence-electron chi connectivity index (χ1n) is 5.40. The van der Waals surface area contributed by atoms with E-state index < -0.39 is 0 Å². The lowest BCUT2D eigenvalue weighted by atomic mass is 10.2. The summed E-state index contributed by atoms with van der Waals surface area (Å²) in [5, 5.41) is 9.57. The summed E-state index contributed by atoms with van der Waals surface area (Å²) in [7, 11) is 0. The number of anilines is 1. The third-order valence-electron chi connectivity index (χ3n) is 2.51. The zero-order valence-corrected chi connectivity index (χ0v) is 13.4.